The van der Waals surface area contributed by atoms with Gasteiger partial charge >= 0.3 is 5.97 Å². The standard InChI is InChI=1S/C21H27NO4/c1-21(2)13-16(22-12-8-4-7-11-18(24)25)19(17(23)14-21)20(26)15-9-5-3-6-10-15/h3,5-6,9-10,26H,4,7-8,11-14H2,1-2H3,(H,24,25)/b20-19+,22-16?. The van der Waals surface area contributed by atoms with Gasteiger partial charge in [0.05, 0.1) is 5.57 Å². The molecule has 0 bridgehead atoms. The van der Waals surface area contributed by atoms with Crippen molar-refractivity contribution in [3.63, 3.8) is 0 Å². The van der Waals surface area contributed by atoms with E-state index in [-0.39, 0.29) is 23.4 Å². The number of Topliss-reactive ketones (excluding diaryl/α,β-unsaturated/α-hetero) is 1. The maximum atomic E-state index is 12.7. The molecule has 0 atom stereocenters. The summed E-state index contributed by atoms with van der Waals surface area (Å²) < 4.78 is 0. The van der Waals surface area contributed by atoms with Gasteiger partial charge in [-0.15, -0.1) is 0 Å². The summed E-state index contributed by atoms with van der Waals surface area (Å²) in [5, 5.41) is 19.3. The fourth-order valence-corrected chi connectivity index (χ4v) is 3.21. The first-order valence-corrected chi connectivity index (χ1v) is 9.07. The number of nitrogens with zero attached hydrogens (tertiary/aromatic N) is 1. The van der Waals surface area contributed by atoms with Gasteiger partial charge < -0.3 is 10.2 Å². The monoisotopic (exact) mass is 357 g/mol. The lowest BCUT2D eigenvalue weighted by Gasteiger charge is -2.31. The zero-order valence-electron chi connectivity index (χ0n) is 15.5. The first-order valence-electron chi connectivity index (χ1n) is 9.07. The van der Waals surface area contributed by atoms with Crippen LogP contribution in [0.1, 0.15) is 57.9 Å². The number of hydrogen-bond acceptors (Lipinski definition) is 4. The van der Waals surface area contributed by atoms with Crippen LogP contribution in [0.2, 0.25) is 0 Å². The highest BCUT2D eigenvalue weighted by atomic mass is 16.4. The van der Waals surface area contributed by atoms with Gasteiger partial charge in [-0.05, 0) is 24.7 Å². The molecule has 0 radical (unpaired) electrons. The van der Waals surface area contributed by atoms with Gasteiger partial charge in [-0.25, -0.2) is 0 Å². The van der Waals surface area contributed by atoms with E-state index in [1.165, 1.54) is 0 Å². The van der Waals surface area contributed by atoms with E-state index >= 15 is 0 Å². The van der Waals surface area contributed by atoms with Crippen LogP contribution in [0.4, 0.5) is 0 Å². The molecule has 26 heavy (non-hydrogen) atoms. The second-order valence-electron chi connectivity index (χ2n) is 7.56. The van der Waals surface area contributed by atoms with Gasteiger partial charge in [0.25, 0.3) is 0 Å². The fraction of sp³-hybridized carbons (Fsp3) is 0.476. The van der Waals surface area contributed by atoms with Crippen molar-refractivity contribution >= 4 is 23.2 Å². The number of carboxylic acid groups (broad SMARTS) is 1. The topological polar surface area (TPSA) is 87.0 Å². The van der Waals surface area contributed by atoms with Crippen LogP contribution in [-0.4, -0.2) is 34.2 Å². The number of aliphatic hydroxyl groups is 1. The number of aliphatic carboxylic acids is 1. The lowest BCUT2D eigenvalue weighted by atomic mass is 9.73. The van der Waals surface area contributed by atoms with Crippen LogP contribution >= 0.6 is 0 Å². The molecule has 1 fully saturated rings. The van der Waals surface area contributed by atoms with Crippen molar-refractivity contribution in [1.82, 2.24) is 0 Å². The van der Waals surface area contributed by atoms with Crippen LogP contribution in [0.3, 0.4) is 0 Å². The number of rotatable bonds is 7. The van der Waals surface area contributed by atoms with Crippen LogP contribution in [0.25, 0.3) is 5.76 Å². The third-order valence-corrected chi connectivity index (χ3v) is 4.49. The second-order valence-corrected chi connectivity index (χ2v) is 7.56. The largest absolute Gasteiger partial charge is 0.506 e. The van der Waals surface area contributed by atoms with E-state index < -0.39 is 5.97 Å². The average Bonchev–Trinajstić information content (AvgIpc) is 2.56. The summed E-state index contributed by atoms with van der Waals surface area (Å²) in [6.45, 7) is 4.59. The van der Waals surface area contributed by atoms with Crippen molar-refractivity contribution in [3.05, 3.63) is 41.5 Å². The van der Waals surface area contributed by atoms with Gasteiger partial charge in [-0.1, -0.05) is 50.6 Å². The Hall–Kier alpha value is -2.43. The SMILES string of the molecule is CC1(C)CC(=O)/C(=C(/O)c2ccccc2)C(=NCCCCCC(=O)O)C1. The Morgan fingerprint density at radius 2 is 1.77 bits per heavy atom. The molecular formula is C21H27NO4. The molecule has 0 unspecified atom stereocenters. The zero-order chi connectivity index (χ0) is 19.2. The fourth-order valence-electron chi connectivity index (χ4n) is 3.21. The summed E-state index contributed by atoms with van der Waals surface area (Å²) in [6.07, 6.45) is 3.37. The molecule has 0 aromatic heterocycles. The smallest absolute Gasteiger partial charge is 0.303 e. The van der Waals surface area contributed by atoms with Crippen LogP contribution in [0, 0.1) is 5.41 Å². The number of ketones is 1. The molecule has 0 spiro atoms. The van der Waals surface area contributed by atoms with Crippen molar-refractivity contribution in [3.8, 4) is 0 Å². The summed E-state index contributed by atoms with van der Waals surface area (Å²) in [4.78, 5) is 27.8. The maximum Gasteiger partial charge on any atom is 0.303 e. The van der Waals surface area contributed by atoms with Gasteiger partial charge in [0, 0.05) is 30.7 Å². The minimum Gasteiger partial charge on any atom is -0.506 e. The molecular weight excluding hydrogens is 330 g/mol. The molecule has 2 N–H and O–H groups in total. The molecule has 1 aromatic carbocycles. The molecule has 1 saturated carbocycles. The Morgan fingerprint density at radius 3 is 2.42 bits per heavy atom. The van der Waals surface area contributed by atoms with Crippen LogP contribution in [-0.2, 0) is 9.59 Å². The number of hydrogen-bond donors (Lipinski definition) is 2. The highest BCUT2D eigenvalue weighted by molar-refractivity contribution is 6.28. The van der Waals surface area contributed by atoms with E-state index in [1.807, 2.05) is 32.0 Å². The number of aliphatic imine (C=N–C) groups is 1. The van der Waals surface area contributed by atoms with E-state index in [0.29, 0.717) is 42.7 Å². The average molecular weight is 357 g/mol. The van der Waals surface area contributed by atoms with Crippen molar-refractivity contribution in [1.29, 1.82) is 0 Å². The molecule has 1 aromatic rings. The summed E-state index contributed by atoms with van der Waals surface area (Å²) in [7, 11) is 0. The molecule has 0 aliphatic heterocycles. The normalized spacial score (nSPS) is 20.2. The molecule has 1 aliphatic carbocycles. The number of unbranched alkanes of at least 4 members (excludes halogenated alkanes) is 2. The lowest BCUT2D eigenvalue weighted by molar-refractivity contribution is -0.137. The van der Waals surface area contributed by atoms with Gasteiger partial charge in [0.1, 0.15) is 5.76 Å². The highest BCUT2D eigenvalue weighted by Crippen LogP contribution is 2.36. The number of carboxylic acids is 1. The molecule has 140 valence electrons. The van der Waals surface area contributed by atoms with Crippen LogP contribution in [0.15, 0.2) is 40.9 Å². The van der Waals surface area contributed by atoms with Gasteiger partial charge in [-0.2, -0.15) is 0 Å². The predicted molar refractivity (Wildman–Crippen MR) is 102 cm³/mol. The molecule has 5 nitrogen and oxygen atoms in total. The van der Waals surface area contributed by atoms with Crippen molar-refractivity contribution in [2.24, 2.45) is 10.4 Å². The Morgan fingerprint density at radius 1 is 1.08 bits per heavy atom. The Balaban J connectivity index is 2.19. The van der Waals surface area contributed by atoms with E-state index in [2.05, 4.69) is 4.99 Å². The number of aliphatic hydroxyl groups excluding tert-OH is 1. The quantitative estimate of drug-likeness (QED) is 0.429. The minimum atomic E-state index is -0.783. The van der Waals surface area contributed by atoms with Crippen molar-refractivity contribution in [2.45, 2.75) is 52.4 Å². The minimum absolute atomic E-state index is 0.00396. The maximum absolute atomic E-state index is 12.7. The number of carbonyl (C=O) groups is 2. The van der Waals surface area contributed by atoms with Crippen LogP contribution in [0.5, 0.6) is 0 Å². The van der Waals surface area contributed by atoms with Crippen molar-refractivity contribution in [2.75, 3.05) is 6.54 Å². The Kier molecular flexibility index (Phi) is 6.72. The molecule has 1 aliphatic rings. The van der Waals surface area contributed by atoms with Gasteiger partial charge in [0.2, 0.25) is 0 Å². The molecule has 0 saturated heterocycles. The molecule has 5 heteroatoms. The number of carbonyl (C=O) groups excluding carboxylic acids is 1. The first-order chi connectivity index (χ1) is 12.3. The second kappa shape index (κ2) is 8.79. The van der Waals surface area contributed by atoms with E-state index in [1.54, 1.807) is 12.1 Å². The third kappa shape index (κ3) is 5.55. The summed E-state index contributed by atoms with van der Waals surface area (Å²) in [5.41, 5.74) is 1.43. The molecule has 0 heterocycles. The Bertz CT molecular complexity index is 717. The summed E-state index contributed by atoms with van der Waals surface area (Å²) in [6, 6.07) is 9.06. The van der Waals surface area contributed by atoms with E-state index in [0.717, 1.165) is 12.8 Å². The Labute approximate surface area is 154 Å². The van der Waals surface area contributed by atoms with Crippen molar-refractivity contribution < 1.29 is 19.8 Å². The summed E-state index contributed by atoms with van der Waals surface area (Å²) in [5.74, 6) is -0.864. The number of allylic oxidation sites excluding steroid dienone is 1. The van der Waals surface area contributed by atoms with E-state index in [9.17, 15) is 14.7 Å². The summed E-state index contributed by atoms with van der Waals surface area (Å²) >= 11 is 0. The zero-order valence-corrected chi connectivity index (χ0v) is 15.5. The van der Waals surface area contributed by atoms with Crippen LogP contribution < -0.4 is 0 Å². The first kappa shape index (κ1) is 19.9. The number of benzene rings is 1. The predicted octanol–water partition coefficient (Wildman–Crippen LogP) is 4.43. The highest BCUT2D eigenvalue weighted by Gasteiger charge is 2.36. The van der Waals surface area contributed by atoms with Gasteiger partial charge in [-0.3, -0.25) is 14.6 Å². The third-order valence-electron chi connectivity index (χ3n) is 4.49. The van der Waals surface area contributed by atoms with Gasteiger partial charge in [0.15, 0.2) is 5.78 Å². The van der Waals surface area contributed by atoms with E-state index in [4.69, 9.17) is 5.11 Å². The molecule has 0 amide bonds. The molecule has 2 rings (SSSR count). The lowest BCUT2D eigenvalue weighted by Crippen LogP contribution is -2.32.